The van der Waals surface area contributed by atoms with Gasteiger partial charge in [0, 0.05) is 12.6 Å². The zero-order valence-electron chi connectivity index (χ0n) is 11.5. The van der Waals surface area contributed by atoms with Crippen LogP contribution >= 0.6 is 0 Å². The number of hydrogen-bond donors (Lipinski definition) is 0. The van der Waals surface area contributed by atoms with Gasteiger partial charge in [-0.3, -0.25) is 9.59 Å². The summed E-state index contributed by atoms with van der Waals surface area (Å²) in [4.78, 5) is 25.0. The fraction of sp³-hybridized carbons (Fsp3) is 0.846. The molecule has 1 amide bonds. The number of carbonyl (C=O) groups is 2. The van der Waals surface area contributed by atoms with Gasteiger partial charge in [0.05, 0.1) is 19.6 Å². The van der Waals surface area contributed by atoms with Crippen LogP contribution in [0.25, 0.3) is 0 Å². The highest BCUT2D eigenvalue weighted by Gasteiger charge is 2.25. The number of amides is 1. The Bertz CT molecular complexity index is 285. The van der Waals surface area contributed by atoms with E-state index in [0.29, 0.717) is 6.42 Å². The molecular formula is C13H23NO4. The highest BCUT2D eigenvalue weighted by atomic mass is 16.5. The van der Waals surface area contributed by atoms with Crippen LogP contribution in [0.5, 0.6) is 0 Å². The molecule has 0 aromatic carbocycles. The van der Waals surface area contributed by atoms with Crippen molar-refractivity contribution in [3.8, 4) is 0 Å². The van der Waals surface area contributed by atoms with Crippen molar-refractivity contribution >= 4 is 11.9 Å². The standard InChI is InChI=1S/C13H23NO4/c1-10(2)14(9-13(16)17-3)12(15)8-11-6-4-5-7-18-11/h10-11H,4-9H2,1-3H3. The molecule has 0 radical (unpaired) electrons. The minimum atomic E-state index is -0.387. The Balaban J connectivity index is 2.50. The lowest BCUT2D eigenvalue weighted by Gasteiger charge is -2.29. The molecule has 0 saturated carbocycles. The number of nitrogens with zero attached hydrogens (tertiary/aromatic N) is 1. The van der Waals surface area contributed by atoms with Crippen molar-refractivity contribution in [1.29, 1.82) is 0 Å². The molecule has 1 heterocycles. The molecule has 1 unspecified atom stereocenters. The molecule has 1 aliphatic heterocycles. The van der Waals surface area contributed by atoms with E-state index in [-0.39, 0.29) is 30.6 Å². The van der Waals surface area contributed by atoms with Crippen molar-refractivity contribution in [2.24, 2.45) is 0 Å². The lowest BCUT2D eigenvalue weighted by molar-refractivity contribution is -0.149. The Labute approximate surface area is 108 Å². The Hall–Kier alpha value is -1.10. The Morgan fingerprint density at radius 1 is 1.39 bits per heavy atom. The largest absolute Gasteiger partial charge is 0.468 e. The normalized spacial score (nSPS) is 19.7. The van der Waals surface area contributed by atoms with Crippen LogP contribution in [0.15, 0.2) is 0 Å². The monoisotopic (exact) mass is 257 g/mol. The SMILES string of the molecule is COC(=O)CN(C(=O)CC1CCCCO1)C(C)C. The lowest BCUT2D eigenvalue weighted by atomic mass is 10.1. The van der Waals surface area contributed by atoms with Gasteiger partial charge in [-0.25, -0.2) is 0 Å². The van der Waals surface area contributed by atoms with E-state index in [0.717, 1.165) is 25.9 Å². The first-order chi connectivity index (χ1) is 8.54. The number of hydrogen-bond acceptors (Lipinski definition) is 4. The Kier molecular flexibility index (Phi) is 6.12. The summed E-state index contributed by atoms with van der Waals surface area (Å²) in [6.45, 7) is 4.53. The third kappa shape index (κ3) is 4.64. The molecule has 0 spiro atoms. The molecule has 0 aliphatic carbocycles. The number of esters is 1. The molecular weight excluding hydrogens is 234 g/mol. The third-order valence-electron chi connectivity index (χ3n) is 3.15. The van der Waals surface area contributed by atoms with Crippen molar-refractivity contribution in [3.63, 3.8) is 0 Å². The van der Waals surface area contributed by atoms with E-state index in [1.54, 1.807) is 4.90 Å². The minimum Gasteiger partial charge on any atom is -0.468 e. The second-order valence-corrected chi connectivity index (χ2v) is 4.88. The molecule has 0 aromatic heterocycles. The zero-order valence-corrected chi connectivity index (χ0v) is 11.5. The van der Waals surface area contributed by atoms with Crippen LogP contribution in [0.2, 0.25) is 0 Å². The first kappa shape index (κ1) is 15.0. The lowest BCUT2D eigenvalue weighted by Crippen LogP contribution is -2.42. The topological polar surface area (TPSA) is 55.8 Å². The molecule has 5 heteroatoms. The van der Waals surface area contributed by atoms with Crippen LogP contribution in [-0.4, -0.2) is 49.2 Å². The summed E-state index contributed by atoms with van der Waals surface area (Å²) >= 11 is 0. The molecule has 1 fully saturated rings. The van der Waals surface area contributed by atoms with Crippen molar-refractivity contribution < 1.29 is 19.1 Å². The van der Waals surface area contributed by atoms with Crippen LogP contribution in [0, 0.1) is 0 Å². The first-order valence-corrected chi connectivity index (χ1v) is 6.52. The summed E-state index contributed by atoms with van der Waals surface area (Å²) in [7, 11) is 1.33. The van der Waals surface area contributed by atoms with Gasteiger partial charge < -0.3 is 14.4 Å². The van der Waals surface area contributed by atoms with E-state index in [9.17, 15) is 9.59 Å². The number of methoxy groups -OCH3 is 1. The third-order valence-corrected chi connectivity index (χ3v) is 3.15. The molecule has 0 bridgehead atoms. The van der Waals surface area contributed by atoms with Gasteiger partial charge in [-0.1, -0.05) is 0 Å². The van der Waals surface area contributed by atoms with Crippen LogP contribution in [0.4, 0.5) is 0 Å². The highest BCUT2D eigenvalue weighted by Crippen LogP contribution is 2.17. The Morgan fingerprint density at radius 3 is 2.61 bits per heavy atom. The molecule has 1 saturated heterocycles. The van der Waals surface area contributed by atoms with Gasteiger partial charge in [-0.05, 0) is 33.1 Å². The number of carbonyl (C=O) groups excluding carboxylic acids is 2. The number of ether oxygens (including phenoxy) is 2. The fourth-order valence-corrected chi connectivity index (χ4v) is 2.04. The smallest absolute Gasteiger partial charge is 0.325 e. The van der Waals surface area contributed by atoms with Crippen LogP contribution in [0.1, 0.15) is 39.5 Å². The molecule has 0 aromatic rings. The molecule has 1 atom stereocenters. The summed E-state index contributed by atoms with van der Waals surface area (Å²) in [5.41, 5.74) is 0. The van der Waals surface area contributed by atoms with Crippen LogP contribution < -0.4 is 0 Å². The summed E-state index contributed by atoms with van der Waals surface area (Å²) in [5.74, 6) is -0.427. The second-order valence-electron chi connectivity index (χ2n) is 4.88. The molecule has 104 valence electrons. The summed E-state index contributed by atoms with van der Waals surface area (Å²) in [6, 6.07) is -0.0137. The summed E-state index contributed by atoms with van der Waals surface area (Å²) < 4.78 is 10.2. The quantitative estimate of drug-likeness (QED) is 0.698. The second kappa shape index (κ2) is 7.36. The first-order valence-electron chi connectivity index (χ1n) is 6.52. The summed E-state index contributed by atoms with van der Waals surface area (Å²) in [6.07, 6.45) is 3.47. The number of rotatable bonds is 5. The molecule has 1 aliphatic rings. The molecule has 0 N–H and O–H groups in total. The zero-order chi connectivity index (χ0) is 13.5. The van der Waals surface area contributed by atoms with Gasteiger partial charge in [0.15, 0.2) is 0 Å². The Morgan fingerprint density at radius 2 is 2.11 bits per heavy atom. The maximum atomic E-state index is 12.1. The van der Waals surface area contributed by atoms with Crippen molar-refractivity contribution in [3.05, 3.63) is 0 Å². The van der Waals surface area contributed by atoms with Gasteiger partial charge in [0.2, 0.25) is 5.91 Å². The predicted octanol–water partition coefficient (Wildman–Crippen LogP) is 1.36. The average molecular weight is 257 g/mol. The van der Waals surface area contributed by atoms with Gasteiger partial charge in [0.25, 0.3) is 0 Å². The maximum Gasteiger partial charge on any atom is 0.325 e. The van der Waals surface area contributed by atoms with Gasteiger partial charge in [-0.2, -0.15) is 0 Å². The van der Waals surface area contributed by atoms with Gasteiger partial charge >= 0.3 is 5.97 Å². The maximum absolute atomic E-state index is 12.1. The molecule has 1 rings (SSSR count). The van der Waals surface area contributed by atoms with Gasteiger partial charge in [-0.15, -0.1) is 0 Å². The fourth-order valence-electron chi connectivity index (χ4n) is 2.04. The molecule has 5 nitrogen and oxygen atoms in total. The van der Waals surface area contributed by atoms with Crippen molar-refractivity contribution in [2.45, 2.75) is 51.7 Å². The van der Waals surface area contributed by atoms with Crippen molar-refractivity contribution in [1.82, 2.24) is 4.90 Å². The van der Waals surface area contributed by atoms with E-state index < -0.39 is 0 Å². The average Bonchev–Trinajstić information content (AvgIpc) is 2.36. The van der Waals surface area contributed by atoms with E-state index in [2.05, 4.69) is 4.74 Å². The van der Waals surface area contributed by atoms with Gasteiger partial charge in [0.1, 0.15) is 6.54 Å². The van der Waals surface area contributed by atoms with Crippen LogP contribution in [-0.2, 0) is 19.1 Å². The molecule has 18 heavy (non-hydrogen) atoms. The van der Waals surface area contributed by atoms with E-state index >= 15 is 0 Å². The van der Waals surface area contributed by atoms with E-state index in [4.69, 9.17) is 4.74 Å². The van der Waals surface area contributed by atoms with E-state index in [1.165, 1.54) is 7.11 Å². The van der Waals surface area contributed by atoms with Crippen LogP contribution in [0.3, 0.4) is 0 Å². The van der Waals surface area contributed by atoms with E-state index in [1.807, 2.05) is 13.8 Å². The van der Waals surface area contributed by atoms with Crippen molar-refractivity contribution in [2.75, 3.05) is 20.3 Å². The predicted molar refractivity (Wildman–Crippen MR) is 67.1 cm³/mol. The highest BCUT2D eigenvalue weighted by molar-refractivity contribution is 5.82. The summed E-state index contributed by atoms with van der Waals surface area (Å²) in [5, 5.41) is 0. The minimum absolute atomic E-state index is 0.00477.